The minimum atomic E-state index is 0. The van der Waals surface area contributed by atoms with E-state index < -0.39 is 0 Å². The predicted octanol–water partition coefficient (Wildman–Crippen LogP) is 2.60. The molecule has 0 bridgehead atoms. The largest absolute Gasteiger partial charge is 2.00 e. The summed E-state index contributed by atoms with van der Waals surface area (Å²) in [6.45, 7) is 5.00. The molecule has 0 amide bonds. The van der Waals surface area contributed by atoms with E-state index in [0.717, 1.165) is 0 Å². The van der Waals surface area contributed by atoms with E-state index in [1.807, 2.05) is 0 Å². The second-order valence-corrected chi connectivity index (χ2v) is 1.57. The number of hydrogen-bond donors (Lipinski definition) is 0. The summed E-state index contributed by atoms with van der Waals surface area (Å²) in [5.41, 5.74) is 0. The Morgan fingerprint density at radius 1 is 1.12 bits per heavy atom. The van der Waals surface area contributed by atoms with Gasteiger partial charge in [0.2, 0.25) is 0 Å². The molecule has 1 fully saturated rings. The molecule has 0 aliphatic heterocycles. The zero-order valence-corrected chi connectivity index (χ0v) is 8.79. The van der Waals surface area contributed by atoms with E-state index in [2.05, 4.69) is 13.3 Å². The van der Waals surface area contributed by atoms with Crippen LogP contribution in [-0.2, 0) is 19.5 Å². The number of rotatable bonds is 0. The molecular formula is C7H14Zn. The smallest absolute Gasteiger partial charge is 0.346 e. The molecule has 8 heavy (non-hydrogen) atoms. The van der Waals surface area contributed by atoms with Crippen molar-refractivity contribution in [1.82, 2.24) is 0 Å². The topological polar surface area (TPSA) is 0 Å². The first-order chi connectivity index (χ1) is 3.50. The zero-order chi connectivity index (χ0) is 5.54. The second kappa shape index (κ2) is 10.6. The third-order valence-corrected chi connectivity index (χ3v) is 1.07. The Labute approximate surface area is 65.8 Å². The molecule has 0 aromatic rings. The van der Waals surface area contributed by atoms with Crippen LogP contribution in [0.25, 0.3) is 0 Å². The van der Waals surface area contributed by atoms with Crippen LogP contribution >= 0.6 is 0 Å². The standard InChI is InChI=1S/C5H9.C2H5.Zn/c1-2-4-5-3-1;1-2;/h1H,2-5H2;1H2,2H3;/q2*-1;+2. The molecule has 0 aromatic heterocycles. The molecule has 1 heteroatoms. The molecule has 44 valence electrons. The molecule has 0 aromatic carbocycles. The second-order valence-electron chi connectivity index (χ2n) is 1.57. The summed E-state index contributed by atoms with van der Waals surface area (Å²) in [7, 11) is 0. The summed E-state index contributed by atoms with van der Waals surface area (Å²) in [6.07, 6.45) is 8.00. The third-order valence-electron chi connectivity index (χ3n) is 1.07. The molecule has 0 nitrogen and oxygen atoms in total. The summed E-state index contributed by atoms with van der Waals surface area (Å²) in [4.78, 5) is 0. The van der Waals surface area contributed by atoms with E-state index in [0.29, 0.717) is 0 Å². The van der Waals surface area contributed by atoms with Crippen molar-refractivity contribution in [3.05, 3.63) is 13.3 Å². The Morgan fingerprint density at radius 2 is 1.50 bits per heavy atom. The Bertz CT molecular complexity index is 16.0. The van der Waals surface area contributed by atoms with Crippen LogP contribution in [0.2, 0.25) is 0 Å². The molecule has 0 saturated heterocycles. The quantitative estimate of drug-likeness (QED) is 0.380. The van der Waals surface area contributed by atoms with Gasteiger partial charge in [-0.1, -0.05) is 12.8 Å². The van der Waals surface area contributed by atoms with Crippen LogP contribution in [0.1, 0.15) is 32.6 Å². The zero-order valence-electron chi connectivity index (χ0n) is 5.82. The van der Waals surface area contributed by atoms with Crippen LogP contribution in [0, 0.1) is 13.3 Å². The fraction of sp³-hybridized carbons (Fsp3) is 0.714. The monoisotopic (exact) mass is 162 g/mol. The molecule has 1 saturated carbocycles. The average molecular weight is 164 g/mol. The van der Waals surface area contributed by atoms with Crippen LogP contribution in [0.5, 0.6) is 0 Å². The fourth-order valence-corrected chi connectivity index (χ4v) is 0.722. The van der Waals surface area contributed by atoms with Gasteiger partial charge < -0.3 is 13.3 Å². The average Bonchev–Trinajstić information content (AvgIpc) is 2.23. The predicted molar refractivity (Wildman–Crippen MR) is 33.8 cm³/mol. The van der Waals surface area contributed by atoms with Crippen molar-refractivity contribution in [3.8, 4) is 0 Å². The van der Waals surface area contributed by atoms with Gasteiger partial charge in [0.25, 0.3) is 0 Å². The first-order valence-corrected chi connectivity index (χ1v) is 3.02. The van der Waals surface area contributed by atoms with E-state index in [9.17, 15) is 0 Å². The first-order valence-electron chi connectivity index (χ1n) is 3.02. The summed E-state index contributed by atoms with van der Waals surface area (Å²) < 4.78 is 0. The minimum Gasteiger partial charge on any atom is -0.346 e. The fourth-order valence-electron chi connectivity index (χ4n) is 0.722. The van der Waals surface area contributed by atoms with Crippen LogP contribution < -0.4 is 0 Å². The van der Waals surface area contributed by atoms with Crippen molar-refractivity contribution >= 4 is 0 Å². The first kappa shape index (κ1) is 11.4. The van der Waals surface area contributed by atoms with Gasteiger partial charge in [0.1, 0.15) is 0 Å². The summed E-state index contributed by atoms with van der Waals surface area (Å²) in [5.74, 6) is 0. The van der Waals surface area contributed by atoms with Gasteiger partial charge in [0, 0.05) is 0 Å². The van der Waals surface area contributed by atoms with Crippen molar-refractivity contribution in [2.24, 2.45) is 0 Å². The Balaban J connectivity index is 0. The van der Waals surface area contributed by atoms with Crippen molar-refractivity contribution in [3.63, 3.8) is 0 Å². The van der Waals surface area contributed by atoms with Gasteiger partial charge in [0.15, 0.2) is 0 Å². The van der Waals surface area contributed by atoms with Gasteiger partial charge in [-0.3, -0.25) is 0 Å². The molecule has 0 spiro atoms. The van der Waals surface area contributed by atoms with Gasteiger partial charge in [-0.15, -0.1) is 0 Å². The number of hydrogen-bond acceptors (Lipinski definition) is 0. The maximum absolute atomic E-state index is 3.25. The molecule has 0 heterocycles. The van der Waals surface area contributed by atoms with E-state index in [1.165, 1.54) is 25.7 Å². The van der Waals surface area contributed by atoms with Gasteiger partial charge in [-0.05, 0) is 0 Å². The van der Waals surface area contributed by atoms with Crippen LogP contribution in [0.15, 0.2) is 0 Å². The summed E-state index contributed by atoms with van der Waals surface area (Å²) in [6, 6.07) is 0. The molecule has 1 aliphatic carbocycles. The molecule has 1 aliphatic rings. The third kappa shape index (κ3) is 6.62. The van der Waals surface area contributed by atoms with Gasteiger partial charge in [0.05, 0.1) is 0 Å². The Kier molecular flexibility index (Phi) is 15.1. The maximum atomic E-state index is 3.25. The molecule has 0 atom stereocenters. The van der Waals surface area contributed by atoms with Crippen LogP contribution in [0.4, 0.5) is 0 Å². The van der Waals surface area contributed by atoms with Crippen LogP contribution in [-0.4, -0.2) is 0 Å². The molecule has 1 rings (SSSR count). The Morgan fingerprint density at radius 3 is 1.62 bits per heavy atom. The Hall–Kier alpha value is 0.623. The van der Waals surface area contributed by atoms with Crippen molar-refractivity contribution in [2.45, 2.75) is 32.6 Å². The SMILES string of the molecule is [CH-]1CCCC1.[CH2-]C.[Zn+2]. The van der Waals surface area contributed by atoms with Gasteiger partial charge in [-0.25, -0.2) is 0 Å². The van der Waals surface area contributed by atoms with Gasteiger partial charge >= 0.3 is 19.5 Å². The maximum Gasteiger partial charge on any atom is 2.00 e. The van der Waals surface area contributed by atoms with Crippen molar-refractivity contribution in [1.29, 1.82) is 0 Å². The molecule has 0 unspecified atom stereocenters. The van der Waals surface area contributed by atoms with Crippen molar-refractivity contribution < 1.29 is 19.5 Å². The van der Waals surface area contributed by atoms with Gasteiger partial charge in [-0.2, -0.15) is 19.8 Å². The molecule has 0 N–H and O–H groups in total. The minimum absolute atomic E-state index is 0. The van der Waals surface area contributed by atoms with E-state index in [1.54, 1.807) is 6.92 Å². The van der Waals surface area contributed by atoms with E-state index in [-0.39, 0.29) is 19.5 Å². The molecule has 0 radical (unpaired) electrons. The summed E-state index contributed by atoms with van der Waals surface area (Å²) >= 11 is 0. The summed E-state index contributed by atoms with van der Waals surface area (Å²) in [5, 5.41) is 0. The van der Waals surface area contributed by atoms with Crippen molar-refractivity contribution in [2.75, 3.05) is 0 Å². The van der Waals surface area contributed by atoms with E-state index in [4.69, 9.17) is 0 Å². The van der Waals surface area contributed by atoms with Crippen LogP contribution in [0.3, 0.4) is 0 Å². The normalized spacial score (nSPS) is 15.8. The van der Waals surface area contributed by atoms with E-state index >= 15 is 0 Å². The molecular weight excluding hydrogens is 149 g/mol.